The minimum Gasteiger partial charge on any atom is -0.371 e. The third-order valence-corrected chi connectivity index (χ3v) is 6.84. The highest BCUT2D eigenvalue weighted by atomic mass is 32.2. The van der Waals surface area contributed by atoms with Crippen LogP contribution in [0.5, 0.6) is 0 Å². The topological polar surface area (TPSA) is 79.0 Å². The van der Waals surface area contributed by atoms with Crippen molar-refractivity contribution in [3.63, 3.8) is 0 Å². The number of carbonyl (C=O) groups excluding carboxylic acids is 1. The normalized spacial score (nSPS) is 26.4. The van der Waals surface area contributed by atoms with E-state index in [2.05, 4.69) is 17.3 Å². The van der Waals surface area contributed by atoms with Crippen LogP contribution in [0.15, 0.2) is 0 Å². The van der Waals surface area contributed by atoms with Crippen molar-refractivity contribution in [2.24, 2.45) is 0 Å². The Morgan fingerprint density at radius 2 is 2.04 bits per heavy atom. The van der Waals surface area contributed by atoms with E-state index >= 15 is 0 Å². The molecule has 2 aliphatic heterocycles. The molecule has 7 nitrogen and oxygen atoms in total. The van der Waals surface area contributed by atoms with Crippen LogP contribution in [-0.4, -0.2) is 87.2 Å². The summed E-state index contributed by atoms with van der Waals surface area (Å²) in [4.78, 5) is 16.4. The molecular weight excluding hydrogens is 318 g/mol. The molecule has 2 amide bonds. The minimum absolute atomic E-state index is 0.0645. The highest BCUT2D eigenvalue weighted by Gasteiger charge is 2.42. The van der Waals surface area contributed by atoms with Crippen molar-refractivity contribution >= 4 is 15.9 Å². The van der Waals surface area contributed by atoms with Gasteiger partial charge in [0.15, 0.2) is 9.84 Å². The molecule has 2 heterocycles. The maximum Gasteiger partial charge on any atom is 0.317 e. The van der Waals surface area contributed by atoms with Gasteiger partial charge in [0.05, 0.1) is 30.3 Å². The van der Waals surface area contributed by atoms with Gasteiger partial charge in [0.25, 0.3) is 0 Å². The number of sulfone groups is 1. The van der Waals surface area contributed by atoms with Gasteiger partial charge in [0, 0.05) is 25.7 Å². The van der Waals surface area contributed by atoms with Crippen LogP contribution in [0, 0.1) is 0 Å². The predicted octanol–water partition coefficient (Wildman–Crippen LogP) is 0.0698. The van der Waals surface area contributed by atoms with Crippen LogP contribution in [0.2, 0.25) is 0 Å². The van der Waals surface area contributed by atoms with E-state index in [0.717, 1.165) is 6.54 Å². The van der Waals surface area contributed by atoms with Crippen LogP contribution in [0.1, 0.15) is 25.7 Å². The lowest BCUT2D eigenvalue weighted by atomic mass is 9.94. The first-order chi connectivity index (χ1) is 10.9. The van der Waals surface area contributed by atoms with Gasteiger partial charge in [-0.3, -0.25) is 0 Å². The summed E-state index contributed by atoms with van der Waals surface area (Å²) in [6.07, 6.45) is 3.51. The fraction of sp³-hybridized carbons (Fsp3) is 0.933. The molecule has 3 rings (SSSR count). The van der Waals surface area contributed by atoms with Crippen molar-refractivity contribution in [3.8, 4) is 0 Å². The number of nitrogens with zero attached hydrogens (tertiary/aromatic N) is 2. The Kier molecular flexibility index (Phi) is 4.85. The molecule has 0 atom stereocenters. The zero-order chi connectivity index (χ0) is 16.5. The Labute approximate surface area is 138 Å². The van der Waals surface area contributed by atoms with Gasteiger partial charge in [0.2, 0.25) is 0 Å². The predicted molar refractivity (Wildman–Crippen MR) is 87.2 cm³/mol. The van der Waals surface area contributed by atoms with Crippen molar-refractivity contribution in [3.05, 3.63) is 0 Å². The molecule has 0 unspecified atom stereocenters. The summed E-state index contributed by atoms with van der Waals surface area (Å²) in [7, 11) is -0.833. The Morgan fingerprint density at radius 1 is 1.35 bits per heavy atom. The van der Waals surface area contributed by atoms with E-state index < -0.39 is 15.4 Å². The van der Waals surface area contributed by atoms with E-state index in [1.165, 1.54) is 12.8 Å². The molecule has 2 saturated heterocycles. The molecule has 0 bridgehead atoms. The molecule has 1 N–H and O–H groups in total. The van der Waals surface area contributed by atoms with Crippen molar-refractivity contribution in [1.29, 1.82) is 0 Å². The summed E-state index contributed by atoms with van der Waals surface area (Å²) in [5, 5.41) is 2.98. The van der Waals surface area contributed by atoms with E-state index in [-0.39, 0.29) is 17.5 Å². The van der Waals surface area contributed by atoms with Crippen LogP contribution in [0.4, 0.5) is 4.79 Å². The standard InChI is InChI=1S/C15H27N3O4S/c1-17(13-2-3-13)7-6-16-14(19)18-8-9-22-15(12-18)4-10-23(20,21)11-5-15/h13H,2-12H2,1H3,(H,16,19). The number of morpholine rings is 1. The number of nitrogens with one attached hydrogen (secondary N) is 1. The lowest BCUT2D eigenvalue weighted by molar-refractivity contribution is -0.102. The van der Waals surface area contributed by atoms with Crippen LogP contribution >= 0.6 is 0 Å². The SMILES string of the molecule is CN(CCNC(=O)N1CCOC2(CCS(=O)(=O)CC2)C1)C1CC1. The number of amides is 2. The summed E-state index contributed by atoms with van der Waals surface area (Å²) in [6, 6.07) is 0.632. The monoisotopic (exact) mass is 345 g/mol. The average molecular weight is 345 g/mol. The van der Waals surface area contributed by atoms with E-state index in [4.69, 9.17) is 4.74 Å². The van der Waals surface area contributed by atoms with Gasteiger partial charge in [-0.1, -0.05) is 0 Å². The number of urea groups is 1. The van der Waals surface area contributed by atoms with Crippen LogP contribution < -0.4 is 5.32 Å². The maximum atomic E-state index is 12.3. The molecule has 1 saturated carbocycles. The van der Waals surface area contributed by atoms with Gasteiger partial charge >= 0.3 is 6.03 Å². The lowest BCUT2D eigenvalue weighted by Gasteiger charge is -2.44. The van der Waals surface area contributed by atoms with Crippen molar-refractivity contribution in [2.45, 2.75) is 37.3 Å². The van der Waals surface area contributed by atoms with Crippen LogP contribution in [0.3, 0.4) is 0 Å². The van der Waals surface area contributed by atoms with Gasteiger partial charge in [-0.15, -0.1) is 0 Å². The molecule has 0 aromatic heterocycles. The third kappa shape index (κ3) is 4.36. The second-order valence-corrected chi connectivity index (χ2v) is 9.35. The second-order valence-electron chi connectivity index (χ2n) is 7.05. The summed E-state index contributed by atoms with van der Waals surface area (Å²) < 4.78 is 29.1. The first kappa shape index (κ1) is 17.0. The second kappa shape index (κ2) is 6.57. The van der Waals surface area contributed by atoms with Crippen LogP contribution in [0.25, 0.3) is 0 Å². The van der Waals surface area contributed by atoms with E-state index in [1.807, 2.05) is 0 Å². The fourth-order valence-electron chi connectivity index (χ4n) is 3.38. The molecule has 23 heavy (non-hydrogen) atoms. The van der Waals surface area contributed by atoms with E-state index in [1.54, 1.807) is 4.90 Å². The highest BCUT2D eigenvalue weighted by Crippen LogP contribution is 2.31. The molecule has 0 aromatic carbocycles. The number of hydrogen-bond donors (Lipinski definition) is 1. The Bertz CT molecular complexity index is 533. The molecule has 0 aromatic rings. The molecule has 3 fully saturated rings. The quantitative estimate of drug-likeness (QED) is 0.780. The molecule has 0 radical (unpaired) electrons. The average Bonchev–Trinajstić information content (AvgIpc) is 3.36. The minimum atomic E-state index is -2.93. The Morgan fingerprint density at radius 3 is 2.70 bits per heavy atom. The van der Waals surface area contributed by atoms with Crippen LogP contribution in [-0.2, 0) is 14.6 Å². The largest absolute Gasteiger partial charge is 0.371 e. The first-order valence-corrected chi connectivity index (χ1v) is 10.3. The summed E-state index contributed by atoms with van der Waals surface area (Å²) in [6.45, 7) is 3.05. The number of ether oxygens (including phenoxy) is 1. The van der Waals surface area contributed by atoms with Crippen molar-refractivity contribution < 1.29 is 17.9 Å². The third-order valence-electron chi connectivity index (χ3n) is 5.18. The number of carbonyl (C=O) groups is 1. The molecule has 8 heteroatoms. The first-order valence-electron chi connectivity index (χ1n) is 8.47. The van der Waals surface area contributed by atoms with Gasteiger partial charge < -0.3 is 19.9 Å². The smallest absolute Gasteiger partial charge is 0.317 e. The number of hydrogen-bond acceptors (Lipinski definition) is 5. The molecular formula is C15H27N3O4S. The molecule has 1 aliphatic carbocycles. The number of rotatable bonds is 4. The lowest BCUT2D eigenvalue weighted by Crippen LogP contribution is -2.58. The van der Waals surface area contributed by atoms with E-state index in [0.29, 0.717) is 45.1 Å². The fourth-order valence-corrected chi connectivity index (χ4v) is 4.95. The zero-order valence-electron chi connectivity index (χ0n) is 13.8. The summed E-state index contributed by atoms with van der Waals surface area (Å²) in [5.74, 6) is 0.323. The van der Waals surface area contributed by atoms with Crippen molar-refractivity contribution in [1.82, 2.24) is 15.1 Å². The zero-order valence-corrected chi connectivity index (χ0v) is 14.6. The summed E-state index contributed by atoms with van der Waals surface area (Å²) >= 11 is 0. The van der Waals surface area contributed by atoms with Gasteiger partial charge in [-0.25, -0.2) is 13.2 Å². The summed E-state index contributed by atoms with van der Waals surface area (Å²) in [5.41, 5.74) is -0.467. The van der Waals surface area contributed by atoms with Crippen molar-refractivity contribution in [2.75, 3.05) is 51.3 Å². The Balaban J connectivity index is 1.46. The maximum absolute atomic E-state index is 12.3. The van der Waals surface area contributed by atoms with Gasteiger partial charge in [-0.05, 0) is 32.7 Å². The number of likely N-dealkylation sites (N-methyl/N-ethyl adjacent to an activating group) is 1. The van der Waals surface area contributed by atoms with Gasteiger partial charge in [-0.2, -0.15) is 0 Å². The Hall–Kier alpha value is -0.860. The molecule has 132 valence electrons. The van der Waals surface area contributed by atoms with Gasteiger partial charge in [0.1, 0.15) is 0 Å². The molecule has 1 spiro atoms. The molecule has 3 aliphatic rings. The van der Waals surface area contributed by atoms with E-state index in [9.17, 15) is 13.2 Å². The highest BCUT2D eigenvalue weighted by molar-refractivity contribution is 7.91.